The van der Waals surface area contributed by atoms with E-state index in [2.05, 4.69) is 10.2 Å². The maximum absolute atomic E-state index is 12.4. The Kier molecular flexibility index (Phi) is 5.27. The molecule has 3 rings (SSSR count). The molecule has 0 aliphatic carbocycles. The van der Waals surface area contributed by atoms with E-state index in [1.807, 2.05) is 24.3 Å². The summed E-state index contributed by atoms with van der Waals surface area (Å²) in [6, 6.07) is 7.65. The molecule has 1 aromatic carbocycles. The molecule has 0 bridgehead atoms. The number of amides is 2. The monoisotopic (exact) mass is 343 g/mol. The average Bonchev–Trinajstić information content (AvgIpc) is 3.15. The fraction of sp³-hybridized carbons (Fsp3) is 0.412. The molecule has 1 aromatic heterocycles. The molecule has 1 saturated heterocycles. The first-order valence-corrected chi connectivity index (χ1v) is 8.16. The first kappa shape index (κ1) is 16.9. The molecule has 0 saturated carbocycles. The van der Waals surface area contributed by atoms with Gasteiger partial charge >= 0.3 is 0 Å². The number of methoxy groups -OCH3 is 1. The van der Waals surface area contributed by atoms with Crippen LogP contribution in [0.25, 0.3) is 0 Å². The average molecular weight is 343 g/mol. The standard InChI is InChI=1S/C17H21N5O3/c1-25-15-4-2-14(3-5-15)10-21-8-9-22(11-17(21)24)16(23)6-7-20-12-18-19-13-20/h2-5,12-13H,6-11H2,1H3. The van der Waals surface area contributed by atoms with E-state index >= 15 is 0 Å². The van der Waals surface area contributed by atoms with E-state index in [1.54, 1.807) is 34.1 Å². The first-order valence-electron chi connectivity index (χ1n) is 8.16. The highest BCUT2D eigenvalue weighted by molar-refractivity contribution is 5.86. The lowest BCUT2D eigenvalue weighted by molar-refractivity contribution is -0.145. The Hall–Kier alpha value is -2.90. The van der Waals surface area contributed by atoms with Crippen LogP contribution in [-0.4, -0.2) is 63.1 Å². The van der Waals surface area contributed by atoms with Crippen LogP contribution in [0.2, 0.25) is 0 Å². The number of piperazine rings is 1. The van der Waals surface area contributed by atoms with E-state index in [4.69, 9.17) is 4.74 Å². The molecule has 2 heterocycles. The second-order valence-corrected chi connectivity index (χ2v) is 5.93. The van der Waals surface area contributed by atoms with E-state index in [-0.39, 0.29) is 18.4 Å². The molecule has 0 N–H and O–H groups in total. The van der Waals surface area contributed by atoms with E-state index in [0.29, 0.717) is 32.6 Å². The number of hydrogen-bond acceptors (Lipinski definition) is 5. The van der Waals surface area contributed by atoms with E-state index in [1.165, 1.54) is 0 Å². The Morgan fingerprint density at radius 2 is 1.88 bits per heavy atom. The van der Waals surface area contributed by atoms with Crippen LogP contribution in [-0.2, 0) is 22.7 Å². The third-order valence-electron chi connectivity index (χ3n) is 4.25. The number of aryl methyl sites for hydroxylation is 1. The van der Waals surface area contributed by atoms with Crippen LogP contribution in [0, 0.1) is 0 Å². The van der Waals surface area contributed by atoms with Crippen molar-refractivity contribution >= 4 is 11.8 Å². The molecule has 8 nitrogen and oxygen atoms in total. The zero-order valence-corrected chi connectivity index (χ0v) is 14.2. The summed E-state index contributed by atoms with van der Waals surface area (Å²) in [7, 11) is 1.62. The summed E-state index contributed by atoms with van der Waals surface area (Å²) in [5.74, 6) is 0.740. The molecule has 0 unspecified atom stereocenters. The molecule has 0 spiro atoms. The highest BCUT2D eigenvalue weighted by Gasteiger charge is 2.26. The highest BCUT2D eigenvalue weighted by Crippen LogP contribution is 2.15. The maximum atomic E-state index is 12.4. The van der Waals surface area contributed by atoms with Gasteiger partial charge in [-0.15, -0.1) is 10.2 Å². The van der Waals surface area contributed by atoms with Crippen LogP contribution in [0.1, 0.15) is 12.0 Å². The van der Waals surface area contributed by atoms with Crippen molar-refractivity contribution in [3.8, 4) is 5.75 Å². The van der Waals surface area contributed by atoms with Crippen molar-refractivity contribution in [2.24, 2.45) is 0 Å². The number of hydrogen-bond donors (Lipinski definition) is 0. The number of benzene rings is 1. The van der Waals surface area contributed by atoms with Gasteiger partial charge in [0.25, 0.3) is 0 Å². The normalized spacial score (nSPS) is 14.7. The lowest BCUT2D eigenvalue weighted by Crippen LogP contribution is -2.51. The molecule has 132 valence electrons. The smallest absolute Gasteiger partial charge is 0.242 e. The largest absolute Gasteiger partial charge is 0.497 e. The van der Waals surface area contributed by atoms with Gasteiger partial charge in [-0.3, -0.25) is 9.59 Å². The first-order chi connectivity index (χ1) is 12.2. The van der Waals surface area contributed by atoms with Crippen LogP contribution >= 0.6 is 0 Å². The second-order valence-electron chi connectivity index (χ2n) is 5.93. The Bertz CT molecular complexity index is 714. The Balaban J connectivity index is 1.49. The quantitative estimate of drug-likeness (QED) is 0.765. The van der Waals surface area contributed by atoms with Gasteiger partial charge in [-0.1, -0.05) is 12.1 Å². The summed E-state index contributed by atoms with van der Waals surface area (Å²) in [5, 5.41) is 7.41. The zero-order chi connectivity index (χ0) is 17.6. The van der Waals surface area contributed by atoms with Gasteiger partial charge in [0.1, 0.15) is 18.4 Å². The van der Waals surface area contributed by atoms with Gasteiger partial charge in [0.15, 0.2) is 0 Å². The van der Waals surface area contributed by atoms with Gasteiger partial charge in [-0.2, -0.15) is 0 Å². The van der Waals surface area contributed by atoms with E-state index in [0.717, 1.165) is 11.3 Å². The van der Waals surface area contributed by atoms with Crippen molar-refractivity contribution in [2.45, 2.75) is 19.5 Å². The predicted octanol–water partition coefficient (Wildman–Crippen LogP) is 0.548. The van der Waals surface area contributed by atoms with Gasteiger partial charge in [-0.25, -0.2) is 0 Å². The van der Waals surface area contributed by atoms with Crippen molar-refractivity contribution in [3.05, 3.63) is 42.5 Å². The van der Waals surface area contributed by atoms with Crippen LogP contribution in [0.4, 0.5) is 0 Å². The van der Waals surface area contributed by atoms with Gasteiger partial charge < -0.3 is 19.1 Å². The Labute approximate surface area is 146 Å². The lowest BCUT2D eigenvalue weighted by atomic mass is 10.2. The fourth-order valence-corrected chi connectivity index (χ4v) is 2.76. The summed E-state index contributed by atoms with van der Waals surface area (Å²) >= 11 is 0. The van der Waals surface area contributed by atoms with Gasteiger partial charge in [-0.05, 0) is 17.7 Å². The second kappa shape index (κ2) is 7.78. The molecule has 1 aliphatic rings. The van der Waals surface area contributed by atoms with Crippen molar-refractivity contribution in [1.29, 1.82) is 0 Å². The molecule has 25 heavy (non-hydrogen) atoms. The number of aromatic nitrogens is 3. The maximum Gasteiger partial charge on any atom is 0.242 e. The topological polar surface area (TPSA) is 80.6 Å². The van der Waals surface area contributed by atoms with Crippen molar-refractivity contribution < 1.29 is 14.3 Å². The molecule has 1 aliphatic heterocycles. The summed E-state index contributed by atoms with van der Waals surface area (Å²) < 4.78 is 6.89. The Morgan fingerprint density at radius 1 is 1.16 bits per heavy atom. The van der Waals surface area contributed by atoms with Crippen molar-refractivity contribution in [2.75, 3.05) is 26.7 Å². The number of rotatable bonds is 6. The molecule has 1 fully saturated rings. The molecule has 2 amide bonds. The summed E-state index contributed by atoms with van der Waals surface area (Å²) in [6.45, 7) is 2.31. The zero-order valence-electron chi connectivity index (χ0n) is 14.2. The Morgan fingerprint density at radius 3 is 2.52 bits per heavy atom. The van der Waals surface area contributed by atoms with E-state index in [9.17, 15) is 9.59 Å². The van der Waals surface area contributed by atoms with Crippen molar-refractivity contribution in [3.63, 3.8) is 0 Å². The van der Waals surface area contributed by atoms with Gasteiger partial charge in [0.2, 0.25) is 11.8 Å². The fourth-order valence-electron chi connectivity index (χ4n) is 2.76. The third-order valence-corrected chi connectivity index (χ3v) is 4.25. The third kappa shape index (κ3) is 4.34. The van der Waals surface area contributed by atoms with Crippen LogP contribution in [0.3, 0.4) is 0 Å². The minimum Gasteiger partial charge on any atom is -0.497 e. The molecule has 8 heteroatoms. The molecular weight excluding hydrogens is 322 g/mol. The van der Waals surface area contributed by atoms with Gasteiger partial charge in [0, 0.05) is 32.6 Å². The molecule has 2 aromatic rings. The van der Waals surface area contributed by atoms with E-state index < -0.39 is 0 Å². The SMILES string of the molecule is COc1ccc(CN2CCN(C(=O)CCn3cnnc3)CC2=O)cc1. The summed E-state index contributed by atoms with van der Waals surface area (Å²) in [6.07, 6.45) is 3.49. The van der Waals surface area contributed by atoms with Gasteiger partial charge in [0.05, 0.1) is 13.7 Å². The molecule has 0 radical (unpaired) electrons. The predicted molar refractivity (Wildman–Crippen MR) is 89.6 cm³/mol. The number of ether oxygens (including phenoxy) is 1. The molecule has 0 atom stereocenters. The van der Waals surface area contributed by atoms with Crippen LogP contribution < -0.4 is 4.74 Å². The lowest BCUT2D eigenvalue weighted by Gasteiger charge is -2.34. The minimum atomic E-state index is -0.0280. The number of nitrogens with zero attached hydrogens (tertiary/aromatic N) is 5. The number of carbonyl (C=O) groups is 2. The summed E-state index contributed by atoms with van der Waals surface area (Å²) in [5.41, 5.74) is 1.04. The number of carbonyl (C=O) groups excluding carboxylic acids is 2. The minimum absolute atomic E-state index is 0.0221. The van der Waals surface area contributed by atoms with Crippen LogP contribution in [0.5, 0.6) is 5.75 Å². The van der Waals surface area contributed by atoms with Crippen molar-refractivity contribution in [1.82, 2.24) is 24.6 Å². The summed E-state index contributed by atoms with van der Waals surface area (Å²) in [4.78, 5) is 28.0. The van der Waals surface area contributed by atoms with Crippen LogP contribution in [0.15, 0.2) is 36.9 Å². The highest BCUT2D eigenvalue weighted by atomic mass is 16.5. The molecular formula is C17H21N5O3.